The van der Waals surface area contributed by atoms with Crippen molar-refractivity contribution in [2.45, 2.75) is 26.4 Å². The van der Waals surface area contributed by atoms with E-state index >= 15 is 0 Å². The normalized spacial score (nSPS) is 11.2. The van der Waals surface area contributed by atoms with Gasteiger partial charge in [-0.3, -0.25) is 0 Å². The van der Waals surface area contributed by atoms with Crippen molar-refractivity contribution in [3.63, 3.8) is 0 Å². The molecule has 0 aliphatic rings. The van der Waals surface area contributed by atoms with Crippen LogP contribution in [0.5, 0.6) is 0 Å². The van der Waals surface area contributed by atoms with E-state index in [9.17, 15) is 4.39 Å². The highest BCUT2D eigenvalue weighted by Gasteiger charge is 2.13. The maximum atomic E-state index is 13.9. The lowest BCUT2D eigenvalue weighted by Gasteiger charge is -2.11. The van der Waals surface area contributed by atoms with Crippen LogP contribution in [0.15, 0.2) is 28.9 Å². The number of nitrogens with one attached hydrogen (secondary N) is 1. The van der Waals surface area contributed by atoms with Gasteiger partial charge in [0.1, 0.15) is 11.5 Å². The minimum absolute atomic E-state index is 0.333. The topological polar surface area (TPSA) is 42.7 Å². The first-order chi connectivity index (χ1) is 8.59. The number of aromatic nitrogens is 3. The minimum Gasteiger partial charge on any atom is -0.309 e. The summed E-state index contributed by atoms with van der Waals surface area (Å²) >= 11 is 3.33. The molecule has 18 heavy (non-hydrogen) atoms. The fourth-order valence-electron chi connectivity index (χ4n) is 1.57. The van der Waals surface area contributed by atoms with E-state index in [2.05, 4.69) is 31.6 Å². The molecule has 0 fully saturated rings. The Balaban J connectivity index is 2.36. The Bertz CT molecular complexity index is 518. The molecule has 1 heterocycles. The summed E-state index contributed by atoms with van der Waals surface area (Å²) < 4.78 is 16.0. The van der Waals surface area contributed by atoms with Crippen LogP contribution >= 0.6 is 15.9 Å². The van der Waals surface area contributed by atoms with E-state index in [1.807, 2.05) is 13.8 Å². The summed E-state index contributed by atoms with van der Waals surface area (Å²) in [5.74, 6) is -0.333. The van der Waals surface area contributed by atoms with Crippen molar-refractivity contribution < 1.29 is 4.39 Å². The summed E-state index contributed by atoms with van der Waals surface area (Å²) in [4.78, 5) is 0. The average molecular weight is 313 g/mol. The van der Waals surface area contributed by atoms with Crippen LogP contribution in [-0.2, 0) is 6.54 Å². The van der Waals surface area contributed by atoms with Crippen molar-refractivity contribution in [1.29, 1.82) is 0 Å². The molecule has 6 heteroatoms. The molecular weight excluding hydrogens is 299 g/mol. The Morgan fingerprint density at radius 2 is 2.22 bits per heavy atom. The predicted molar refractivity (Wildman–Crippen MR) is 71.0 cm³/mol. The SMILES string of the molecule is CC(C)NCc1cnnn1-c1c(F)cccc1Br. The van der Waals surface area contributed by atoms with E-state index in [-0.39, 0.29) is 5.82 Å². The van der Waals surface area contributed by atoms with E-state index in [1.54, 1.807) is 18.3 Å². The number of nitrogens with zero attached hydrogens (tertiary/aromatic N) is 3. The van der Waals surface area contributed by atoms with Crippen LogP contribution in [0.1, 0.15) is 19.5 Å². The van der Waals surface area contributed by atoms with Gasteiger partial charge in [0.2, 0.25) is 0 Å². The maximum absolute atomic E-state index is 13.9. The van der Waals surface area contributed by atoms with E-state index < -0.39 is 0 Å². The highest BCUT2D eigenvalue weighted by Crippen LogP contribution is 2.24. The molecule has 0 atom stereocenters. The molecule has 0 spiro atoms. The van der Waals surface area contributed by atoms with Gasteiger partial charge in [-0.2, -0.15) is 0 Å². The molecule has 0 amide bonds. The van der Waals surface area contributed by atoms with Crippen molar-refractivity contribution in [3.05, 3.63) is 40.4 Å². The molecule has 4 nitrogen and oxygen atoms in total. The third-order valence-corrected chi connectivity index (χ3v) is 3.10. The molecule has 0 saturated heterocycles. The second-order valence-electron chi connectivity index (χ2n) is 4.24. The van der Waals surface area contributed by atoms with Crippen molar-refractivity contribution in [2.24, 2.45) is 0 Å². The Hall–Kier alpha value is -1.27. The van der Waals surface area contributed by atoms with Gasteiger partial charge in [-0.1, -0.05) is 25.1 Å². The molecule has 0 saturated carbocycles. The van der Waals surface area contributed by atoms with Gasteiger partial charge in [0, 0.05) is 17.1 Å². The molecule has 2 aromatic rings. The third-order valence-electron chi connectivity index (χ3n) is 2.46. The maximum Gasteiger partial charge on any atom is 0.150 e. The lowest BCUT2D eigenvalue weighted by atomic mass is 10.3. The van der Waals surface area contributed by atoms with Gasteiger partial charge in [0.05, 0.1) is 11.9 Å². The van der Waals surface area contributed by atoms with Gasteiger partial charge in [-0.15, -0.1) is 5.10 Å². The van der Waals surface area contributed by atoms with Crippen molar-refractivity contribution >= 4 is 15.9 Å². The summed E-state index contributed by atoms with van der Waals surface area (Å²) in [5, 5.41) is 11.0. The molecule has 0 aliphatic carbocycles. The molecule has 1 aromatic carbocycles. The lowest BCUT2D eigenvalue weighted by Crippen LogP contribution is -2.23. The fraction of sp³-hybridized carbons (Fsp3) is 0.333. The molecule has 0 aliphatic heterocycles. The zero-order valence-electron chi connectivity index (χ0n) is 10.2. The van der Waals surface area contributed by atoms with E-state index in [1.165, 1.54) is 10.7 Å². The van der Waals surface area contributed by atoms with Crippen LogP contribution in [0.25, 0.3) is 5.69 Å². The van der Waals surface area contributed by atoms with Crippen LogP contribution in [-0.4, -0.2) is 21.0 Å². The molecule has 1 N–H and O–H groups in total. The monoisotopic (exact) mass is 312 g/mol. The highest BCUT2D eigenvalue weighted by atomic mass is 79.9. The molecule has 0 bridgehead atoms. The van der Waals surface area contributed by atoms with Gasteiger partial charge in [0.15, 0.2) is 0 Å². The molecule has 1 aromatic heterocycles. The smallest absolute Gasteiger partial charge is 0.150 e. The quantitative estimate of drug-likeness (QED) is 0.944. The first-order valence-electron chi connectivity index (χ1n) is 5.67. The summed E-state index contributed by atoms with van der Waals surface area (Å²) in [7, 11) is 0. The van der Waals surface area contributed by atoms with Gasteiger partial charge >= 0.3 is 0 Å². The number of rotatable bonds is 4. The lowest BCUT2D eigenvalue weighted by molar-refractivity contribution is 0.560. The van der Waals surface area contributed by atoms with Crippen molar-refractivity contribution in [2.75, 3.05) is 0 Å². The minimum atomic E-state index is -0.333. The largest absolute Gasteiger partial charge is 0.309 e. The van der Waals surface area contributed by atoms with E-state index in [0.717, 1.165) is 5.69 Å². The van der Waals surface area contributed by atoms with Crippen LogP contribution in [0.3, 0.4) is 0 Å². The Kier molecular flexibility index (Phi) is 4.08. The number of hydrogen-bond acceptors (Lipinski definition) is 3. The van der Waals surface area contributed by atoms with Crippen LogP contribution in [0, 0.1) is 5.82 Å². The van der Waals surface area contributed by atoms with Gasteiger partial charge < -0.3 is 5.32 Å². The Morgan fingerprint density at radius 1 is 1.44 bits per heavy atom. The summed E-state index contributed by atoms with van der Waals surface area (Å²) in [5.41, 5.74) is 1.20. The third kappa shape index (κ3) is 2.76. The first kappa shape index (κ1) is 13.2. The standard InChI is InChI=1S/C12H14BrFN4/c1-8(2)15-6-9-7-16-17-18(9)12-10(13)4-3-5-11(12)14/h3-5,7-8,15H,6H2,1-2H3. The zero-order chi connectivity index (χ0) is 13.1. The second kappa shape index (κ2) is 5.58. The molecule has 2 rings (SSSR count). The number of hydrogen-bond donors (Lipinski definition) is 1. The predicted octanol–water partition coefficient (Wildman–Crippen LogP) is 2.67. The molecular formula is C12H14BrFN4. The average Bonchev–Trinajstić information content (AvgIpc) is 2.74. The summed E-state index contributed by atoms with van der Waals surface area (Å²) in [6, 6.07) is 5.17. The van der Waals surface area contributed by atoms with Crippen molar-refractivity contribution in [3.8, 4) is 5.69 Å². The van der Waals surface area contributed by atoms with Gasteiger partial charge in [0.25, 0.3) is 0 Å². The number of para-hydroxylation sites is 1. The summed E-state index contributed by atoms with van der Waals surface area (Å²) in [6.45, 7) is 4.69. The molecule has 96 valence electrons. The number of benzene rings is 1. The Morgan fingerprint density at radius 3 is 2.89 bits per heavy atom. The zero-order valence-corrected chi connectivity index (χ0v) is 11.8. The van der Waals surface area contributed by atoms with Gasteiger partial charge in [-0.25, -0.2) is 9.07 Å². The van der Waals surface area contributed by atoms with E-state index in [0.29, 0.717) is 22.7 Å². The van der Waals surface area contributed by atoms with Gasteiger partial charge in [-0.05, 0) is 28.1 Å². The van der Waals surface area contributed by atoms with E-state index in [4.69, 9.17) is 0 Å². The van der Waals surface area contributed by atoms with Crippen LogP contribution < -0.4 is 5.32 Å². The number of halogens is 2. The second-order valence-corrected chi connectivity index (χ2v) is 5.10. The summed E-state index contributed by atoms with van der Waals surface area (Å²) in [6.07, 6.45) is 1.63. The Labute approximate surface area is 113 Å². The van der Waals surface area contributed by atoms with Crippen molar-refractivity contribution in [1.82, 2.24) is 20.3 Å². The molecule has 0 unspecified atom stereocenters. The van der Waals surface area contributed by atoms with Crippen LogP contribution in [0.4, 0.5) is 4.39 Å². The van der Waals surface area contributed by atoms with Crippen LogP contribution in [0.2, 0.25) is 0 Å². The fourth-order valence-corrected chi connectivity index (χ4v) is 2.08. The molecule has 0 radical (unpaired) electrons. The first-order valence-corrected chi connectivity index (χ1v) is 6.46. The highest BCUT2D eigenvalue weighted by molar-refractivity contribution is 9.10.